The van der Waals surface area contributed by atoms with E-state index in [4.69, 9.17) is 46.4 Å². The van der Waals surface area contributed by atoms with Crippen LogP contribution in [-0.4, -0.2) is 22.0 Å². The van der Waals surface area contributed by atoms with Gasteiger partial charge in [-0.05, 0) is 35.4 Å². The second-order valence-corrected chi connectivity index (χ2v) is 5.94. The fraction of sp³-hybridized carbons (Fsp3) is 0.250. The molecule has 6 heteroatoms. The van der Waals surface area contributed by atoms with Crippen molar-refractivity contribution >= 4 is 46.4 Å². The molecule has 0 aliphatic carbocycles. The highest BCUT2D eigenvalue weighted by Crippen LogP contribution is 2.19. The largest absolute Gasteiger partial charge is 0.387 e. The maximum absolute atomic E-state index is 9.26. The van der Waals surface area contributed by atoms with Gasteiger partial charge in [0.1, 0.15) is 0 Å². The van der Waals surface area contributed by atoms with Crippen molar-refractivity contribution in [2.45, 2.75) is 12.2 Å². The zero-order chi connectivity index (χ0) is 16.5. The van der Waals surface area contributed by atoms with Gasteiger partial charge in [0.15, 0.2) is 0 Å². The van der Waals surface area contributed by atoms with E-state index < -0.39 is 12.2 Å². The summed E-state index contributed by atoms with van der Waals surface area (Å²) in [5.41, 5.74) is 1.51. The predicted octanol–water partition coefficient (Wildman–Crippen LogP) is 5.22. The number of alkyl halides is 2. The quantitative estimate of drug-likeness (QED) is 0.712. The molecule has 0 aliphatic rings. The van der Waals surface area contributed by atoms with Crippen LogP contribution in [0.1, 0.15) is 23.3 Å². The molecule has 0 radical (unpaired) electrons. The molecule has 2 rings (SSSR count). The molecule has 0 bridgehead atoms. The highest BCUT2D eigenvalue weighted by atomic mass is 35.5. The van der Waals surface area contributed by atoms with Crippen LogP contribution in [0.15, 0.2) is 48.5 Å². The van der Waals surface area contributed by atoms with Crippen LogP contribution in [0.5, 0.6) is 0 Å². The zero-order valence-electron chi connectivity index (χ0n) is 11.6. The van der Waals surface area contributed by atoms with Gasteiger partial charge < -0.3 is 10.2 Å². The molecule has 0 fully saturated rings. The molecule has 2 atom stereocenters. The molecule has 0 aliphatic heterocycles. The maximum Gasteiger partial charge on any atom is 0.0925 e. The summed E-state index contributed by atoms with van der Waals surface area (Å²) in [6.45, 7) is 0. The van der Waals surface area contributed by atoms with Crippen molar-refractivity contribution in [3.63, 3.8) is 0 Å². The van der Waals surface area contributed by atoms with Gasteiger partial charge in [0.25, 0.3) is 0 Å². The van der Waals surface area contributed by atoms with Crippen molar-refractivity contribution in [3.8, 4) is 0 Å². The number of aliphatic hydroxyl groups excluding tert-OH is 2. The highest BCUT2D eigenvalue weighted by molar-refractivity contribution is 6.30. The van der Waals surface area contributed by atoms with Crippen molar-refractivity contribution in [3.05, 3.63) is 69.7 Å². The average molecular weight is 382 g/mol. The first-order valence-electron chi connectivity index (χ1n) is 6.47. The second kappa shape index (κ2) is 10.3. The molecular formula is C16H16Cl4O2. The maximum atomic E-state index is 9.26. The lowest BCUT2D eigenvalue weighted by Gasteiger charge is -2.05. The first-order valence-corrected chi connectivity index (χ1v) is 8.29. The van der Waals surface area contributed by atoms with Crippen LogP contribution in [-0.2, 0) is 0 Å². The van der Waals surface area contributed by atoms with Crippen LogP contribution in [0, 0.1) is 0 Å². The minimum atomic E-state index is -0.615. The number of hydrogen-bond donors (Lipinski definition) is 2. The molecule has 0 saturated carbocycles. The van der Waals surface area contributed by atoms with Gasteiger partial charge in [-0.25, -0.2) is 0 Å². The zero-order valence-corrected chi connectivity index (χ0v) is 14.6. The van der Waals surface area contributed by atoms with E-state index in [0.717, 1.165) is 11.1 Å². The lowest BCUT2D eigenvalue weighted by molar-refractivity contribution is 0.202. The lowest BCUT2D eigenvalue weighted by Crippen LogP contribution is -1.97. The number of hydrogen-bond acceptors (Lipinski definition) is 2. The van der Waals surface area contributed by atoms with E-state index in [9.17, 15) is 10.2 Å². The Morgan fingerprint density at radius 2 is 1.09 bits per heavy atom. The smallest absolute Gasteiger partial charge is 0.0925 e. The van der Waals surface area contributed by atoms with Gasteiger partial charge in [0.05, 0.1) is 24.0 Å². The number of halogens is 4. The molecule has 2 aromatic rings. The van der Waals surface area contributed by atoms with Crippen LogP contribution in [0.25, 0.3) is 0 Å². The second-order valence-electron chi connectivity index (χ2n) is 4.45. The Bertz CT molecular complexity index is 526. The molecule has 2 nitrogen and oxygen atoms in total. The molecule has 0 amide bonds. The molecular weight excluding hydrogens is 366 g/mol. The van der Waals surface area contributed by atoms with Crippen molar-refractivity contribution in [2.75, 3.05) is 11.8 Å². The molecule has 0 saturated heterocycles. The molecule has 22 heavy (non-hydrogen) atoms. The SMILES string of the molecule is O[C@@H](CCl)c1cccc(Cl)c1.O[C@H](CCl)c1cccc(Cl)c1. The summed E-state index contributed by atoms with van der Waals surface area (Å²) < 4.78 is 0. The van der Waals surface area contributed by atoms with Crippen molar-refractivity contribution < 1.29 is 10.2 Å². The minimum Gasteiger partial charge on any atom is -0.387 e. The summed E-state index contributed by atoms with van der Waals surface area (Å²) in [5, 5.41) is 19.8. The third kappa shape index (κ3) is 6.74. The van der Waals surface area contributed by atoms with Gasteiger partial charge in [0.2, 0.25) is 0 Å². The normalized spacial score (nSPS) is 13.0. The summed E-state index contributed by atoms with van der Waals surface area (Å²) in [4.78, 5) is 0. The van der Waals surface area contributed by atoms with Gasteiger partial charge in [-0.15, -0.1) is 23.2 Å². The van der Waals surface area contributed by atoms with Gasteiger partial charge in [-0.3, -0.25) is 0 Å². The predicted molar refractivity (Wildman–Crippen MR) is 94.3 cm³/mol. The summed E-state index contributed by atoms with van der Waals surface area (Å²) in [7, 11) is 0. The Kier molecular flexibility index (Phi) is 9.18. The van der Waals surface area contributed by atoms with Crippen LogP contribution >= 0.6 is 46.4 Å². The molecule has 2 N–H and O–H groups in total. The summed E-state index contributed by atoms with van der Waals surface area (Å²) in [6.07, 6.45) is -1.23. The summed E-state index contributed by atoms with van der Waals surface area (Å²) >= 11 is 22.3. The first-order chi connectivity index (χ1) is 10.5. The highest BCUT2D eigenvalue weighted by Gasteiger charge is 2.05. The Morgan fingerprint density at radius 3 is 1.36 bits per heavy atom. The fourth-order valence-electron chi connectivity index (χ4n) is 1.61. The number of benzene rings is 2. The van der Waals surface area contributed by atoms with E-state index in [1.165, 1.54) is 0 Å². The summed E-state index contributed by atoms with van der Waals surface area (Å²) in [5.74, 6) is 0.390. The third-order valence-electron chi connectivity index (χ3n) is 2.76. The topological polar surface area (TPSA) is 40.5 Å². The van der Waals surface area contributed by atoms with Crippen LogP contribution < -0.4 is 0 Å². The van der Waals surface area contributed by atoms with E-state index in [-0.39, 0.29) is 11.8 Å². The number of rotatable bonds is 4. The fourth-order valence-corrected chi connectivity index (χ4v) is 2.36. The number of aliphatic hydroxyl groups is 2. The Morgan fingerprint density at radius 1 is 0.727 bits per heavy atom. The van der Waals surface area contributed by atoms with E-state index in [1.807, 2.05) is 0 Å². The van der Waals surface area contributed by atoms with Crippen molar-refractivity contribution in [1.82, 2.24) is 0 Å². The van der Waals surface area contributed by atoms with Gasteiger partial charge >= 0.3 is 0 Å². The standard InChI is InChI=1S/2C8H8Cl2O/c2*9-5-8(11)6-2-1-3-7(10)4-6/h2*1-4,8,11H,5H2/t2*8-/m10/s1. The molecule has 0 heterocycles. The van der Waals surface area contributed by atoms with Gasteiger partial charge in [-0.2, -0.15) is 0 Å². The van der Waals surface area contributed by atoms with Crippen molar-refractivity contribution in [2.24, 2.45) is 0 Å². The Balaban J connectivity index is 0.000000220. The molecule has 0 spiro atoms. The third-order valence-corrected chi connectivity index (χ3v) is 3.81. The van der Waals surface area contributed by atoms with Gasteiger partial charge in [-0.1, -0.05) is 47.5 Å². The average Bonchev–Trinajstić information content (AvgIpc) is 2.54. The van der Waals surface area contributed by atoms with E-state index >= 15 is 0 Å². The Hall–Kier alpha value is -0.480. The van der Waals surface area contributed by atoms with Gasteiger partial charge in [0, 0.05) is 10.0 Å². The van der Waals surface area contributed by atoms with Crippen LogP contribution in [0.3, 0.4) is 0 Å². The monoisotopic (exact) mass is 380 g/mol. The first kappa shape index (κ1) is 19.6. The van der Waals surface area contributed by atoms with E-state index in [2.05, 4.69) is 0 Å². The molecule has 2 aromatic carbocycles. The molecule has 120 valence electrons. The van der Waals surface area contributed by atoms with Crippen molar-refractivity contribution in [1.29, 1.82) is 0 Å². The lowest BCUT2D eigenvalue weighted by atomic mass is 10.1. The van der Waals surface area contributed by atoms with E-state index in [0.29, 0.717) is 10.0 Å². The van der Waals surface area contributed by atoms with Crippen LogP contribution in [0.4, 0.5) is 0 Å². The van der Waals surface area contributed by atoms with E-state index in [1.54, 1.807) is 48.5 Å². The van der Waals surface area contributed by atoms with Crippen LogP contribution in [0.2, 0.25) is 10.0 Å². The molecule has 0 aromatic heterocycles. The Labute approximate surface area is 150 Å². The minimum absolute atomic E-state index is 0.195. The summed E-state index contributed by atoms with van der Waals surface area (Å²) in [6, 6.07) is 14.1. The molecule has 0 unspecified atom stereocenters.